The van der Waals surface area contributed by atoms with Crippen molar-refractivity contribution in [2.75, 3.05) is 17.7 Å². The first-order valence-electron chi connectivity index (χ1n) is 5.15. The Kier molecular flexibility index (Phi) is 2.82. The van der Waals surface area contributed by atoms with Crippen molar-refractivity contribution in [3.05, 3.63) is 41.8 Å². The molecule has 5 heteroatoms. The van der Waals surface area contributed by atoms with E-state index in [1.165, 1.54) is 4.90 Å². The van der Waals surface area contributed by atoms with Crippen molar-refractivity contribution in [3.8, 4) is 0 Å². The fourth-order valence-electron chi connectivity index (χ4n) is 1.49. The van der Waals surface area contributed by atoms with Crippen LogP contribution in [0.2, 0.25) is 0 Å². The number of aryl methyl sites for hydroxylation is 1. The van der Waals surface area contributed by atoms with E-state index in [4.69, 9.17) is 10.3 Å². The van der Waals surface area contributed by atoms with Crippen LogP contribution in [0.15, 0.2) is 34.9 Å². The molecule has 0 fully saturated rings. The second-order valence-electron chi connectivity index (χ2n) is 3.78. The third-order valence-corrected chi connectivity index (χ3v) is 2.41. The predicted octanol–water partition coefficient (Wildman–Crippen LogP) is 1.84. The van der Waals surface area contributed by atoms with Crippen LogP contribution in [0.5, 0.6) is 0 Å². The summed E-state index contributed by atoms with van der Waals surface area (Å²) in [5, 5.41) is 3.69. The summed E-state index contributed by atoms with van der Waals surface area (Å²) in [6, 6.07) is 8.70. The summed E-state index contributed by atoms with van der Waals surface area (Å²) >= 11 is 0. The summed E-state index contributed by atoms with van der Waals surface area (Å²) in [6.45, 7) is 1.74. The van der Waals surface area contributed by atoms with E-state index in [9.17, 15) is 4.79 Å². The Morgan fingerprint density at radius 3 is 2.76 bits per heavy atom. The van der Waals surface area contributed by atoms with Gasteiger partial charge in [-0.3, -0.25) is 4.79 Å². The molecule has 5 nitrogen and oxygen atoms in total. The van der Waals surface area contributed by atoms with Crippen LogP contribution in [-0.4, -0.2) is 18.1 Å². The van der Waals surface area contributed by atoms with E-state index < -0.39 is 0 Å². The number of nitrogens with zero attached hydrogens (tertiary/aromatic N) is 2. The Bertz CT molecular complexity index is 548. The highest BCUT2D eigenvalue weighted by Gasteiger charge is 2.17. The van der Waals surface area contributed by atoms with Crippen LogP contribution in [0.3, 0.4) is 0 Å². The molecule has 2 aromatic rings. The van der Waals surface area contributed by atoms with Crippen LogP contribution in [0.25, 0.3) is 0 Å². The van der Waals surface area contributed by atoms with E-state index in [2.05, 4.69) is 5.16 Å². The van der Waals surface area contributed by atoms with Gasteiger partial charge in [-0.25, -0.2) is 0 Å². The number of amides is 1. The second-order valence-corrected chi connectivity index (χ2v) is 3.78. The van der Waals surface area contributed by atoms with Gasteiger partial charge in [0.25, 0.3) is 5.91 Å². The van der Waals surface area contributed by atoms with E-state index in [1.807, 2.05) is 0 Å². The zero-order chi connectivity index (χ0) is 12.4. The number of benzene rings is 1. The molecular formula is C12H13N3O2. The average Bonchev–Trinajstić information content (AvgIpc) is 2.74. The van der Waals surface area contributed by atoms with Gasteiger partial charge in [0.2, 0.25) is 0 Å². The third-order valence-electron chi connectivity index (χ3n) is 2.41. The van der Waals surface area contributed by atoms with Gasteiger partial charge in [0.15, 0.2) is 5.69 Å². The molecule has 0 saturated heterocycles. The highest BCUT2D eigenvalue weighted by atomic mass is 16.5. The molecule has 0 spiro atoms. The highest BCUT2D eigenvalue weighted by Crippen LogP contribution is 2.18. The lowest BCUT2D eigenvalue weighted by atomic mass is 10.2. The van der Waals surface area contributed by atoms with Crippen LogP contribution in [0, 0.1) is 6.92 Å². The number of hydrogen-bond donors (Lipinski definition) is 1. The molecule has 17 heavy (non-hydrogen) atoms. The molecule has 2 rings (SSSR count). The summed E-state index contributed by atoms with van der Waals surface area (Å²) in [7, 11) is 1.67. The Morgan fingerprint density at radius 2 is 2.18 bits per heavy atom. The van der Waals surface area contributed by atoms with E-state index in [0.717, 1.165) is 5.69 Å². The van der Waals surface area contributed by atoms with Crippen LogP contribution in [-0.2, 0) is 0 Å². The van der Waals surface area contributed by atoms with E-state index in [1.54, 1.807) is 44.3 Å². The smallest absolute Gasteiger partial charge is 0.280 e. The molecular weight excluding hydrogens is 218 g/mol. The first-order valence-corrected chi connectivity index (χ1v) is 5.15. The fourth-order valence-corrected chi connectivity index (χ4v) is 1.49. The Morgan fingerprint density at radius 1 is 1.41 bits per heavy atom. The summed E-state index contributed by atoms with van der Waals surface area (Å²) in [4.78, 5) is 13.5. The van der Waals surface area contributed by atoms with Gasteiger partial charge < -0.3 is 15.2 Å². The topological polar surface area (TPSA) is 72.4 Å². The monoisotopic (exact) mass is 231 g/mol. The Labute approximate surface area is 98.8 Å². The van der Waals surface area contributed by atoms with Crippen molar-refractivity contribution in [3.63, 3.8) is 0 Å². The largest absolute Gasteiger partial charge is 0.399 e. The average molecular weight is 231 g/mol. The molecule has 0 aliphatic heterocycles. The van der Waals surface area contributed by atoms with Crippen LogP contribution < -0.4 is 10.6 Å². The molecule has 0 radical (unpaired) electrons. The van der Waals surface area contributed by atoms with Crippen molar-refractivity contribution < 1.29 is 9.32 Å². The van der Waals surface area contributed by atoms with E-state index in [0.29, 0.717) is 11.4 Å². The molecule has 1 aromatic heterocycles. The van der Waals surface area contributed by atoms with Crippen LogP contribution >= 0.6 is 0 Å². The minimum Gasteiger partial charge on any atom is -0.399 e. The number of nitrogen functional groups attached to an aromatic ring is 1. The molecule has 1 aromatic carbocycles. The third kappa shape index (κ3) is 2.28. The summed E-state index contributed by atoms with van der Waals surface area (Å²) in [6.07, 6.45) is 0. The molecule has 88 valence electrons. The number of anilines is 2. The van der Waals surface area contributed by atoms with E-state index in [-0.39, 0.29) is 11.6 Å². The molecule has 0 atom stereocenters. The number of hydrogen-bond acceptors (Lipinski definition) is 4. The van der Waals surface area contributed by atoms with Gasteiger partial charge in [0.1, 0.15) is 5.76 Å². The lowest BCUT2D eigenvalue weighted by molar-refractivity contribution is 0.0984. The van der Waals surface area contributed by atoms with Gasteiger partial charge in [0.05, 0.1) is 0 Å². The fraction of sp³-hybridized carbons (Fsp3) is 0.167. The standard InChI is InChI=1S/C12H13N3O2/c1-8-6-11(14-17-8)12(16)15(2)10-5-3-4-9(13)7-10/h3-7H,13H2,1-2H3. The number of rotatable bonds is 2. The quantitative estimate of drug-likeness (QED) is 0.800. The number of nitrogens with two attached hydrogens (primary N) is 1. The lowest BCUT2D eigenvalue weighted by Crippen LogP contribution is -2.26. The van der Waals surface area contributed by atoms with Crippen LogP contribution in [0.4, 0.5) is 11.4 Å². The molecule has 0 unspecified atom stereocenters. The van der Waals surface area contributed by atoms with Crippen LogP contribution in [0.1, 0.15) is 16.2 Å². The normalized spacial score (nSPS) is 10.2. The zero-order valence-electron chi connectivity index (χ0n) is 9.68. The predicted molar refractivity (Wildman–Crippen MR) is 64.8 cm³/mol. The lowest BCUT2D eigenvalue weighted by Gasteiger charge is -2.15. The number of carbonyl (C=O) groups is 1. The summed E-state index contributed by atoms with van der Waals surface area (Å²) in [5.74, 6) is 0.377. The van der Waals surface area contributed by atoms with Gasteiger partial charge in [-0.05, 0) is 25.1 Å². The Hall–Kier alpha value is -2.30. The van der Waals surface area contributed by atoms with Crippen molar-refractivity contribution in [2.24, 2.45) is 0 Å². The second kappa shape index (κ2) is 4.29. The molecule has 2 N–H and O–H groups in total. The van der Waals surface area contributed by atoms with Gasteiger partial charge in [-0.2, -0.15) is 0 Å². The molecule has 0 aliphatic rings. The first-order chi connectivity index (χ1) is 8.08. The van der Waals surface area contributed by atoms with Crippen molar-refractivity contribution >= 4 is 17.3 Å². The van der Waals surface area contributed by atoms with Gasteiger partial charge in [0, 0.05) is 24.5 Å². The Balaban J connectivity index is 2.26. The summed E-state index contributed by atoms with van der Waals surface area (Å²) < 4.78 is 4.87. The molecule has 1 amide bonds. The number of carbonyl (C=O) groups excluding carboxylic acids is 1. The SMILES string of the molecule is Cc1cc(C(=O)N(C)c2cccc(N)c2)no1. The van der Waals surface area contributed by atoms with Crippen molar-refractivity contribution in [1.29, 1.82) is 0 Å². The minimum absolute atomic E-state index is 0.229. The maximum Gasteiger partial charge on any atom is 0.280 e. The first kappa shape index (κ1) is 11.2. The maximum absolute atomic E-state index is 12.0. The minimum atomic E-state index is -0.229. The van der Waals surface area contributed by atoms with Gasteiger partial charge in [-0.1, -0.05) is 11.2 Å². The zero-order valence-corrected chi connectivity index (χ0v) is 9.68. The van der Waals surface area contributed by atoms with Crippen molar-refractivity contribution in [1.82, 2.24) is 5.16 Å². The summed E-state index contributed by atoms with van der Waals surface area (Å²) in [5.41, 5.74) is 7.28. The maximum atomic E-state index is 12.0. The molecule has 0 aliphatic carbocycles. The van der Waals surface area contributed by atoms with Crippen molar-refractivity contribution in [2.45, 2.75) is 6.92 Å². The number of aromatic nitrogens is 1. The molecule has 1 heterocycles. The van der Waals surface area contributed by atoms with Gasteiger partial charge >= 0.3 is 0 Å². The molecule has 0 saturated carbocycles. The van der Waals surface area contributed by atoms with E-state index >= 15 is 0 Å². The molecule has 0 bridgehead atoms. The van der Waals surface area contributed by atoms with Gasteiger partial charge in [-0.15, -0.1) is 0 Å². The highest BCUT2D eigenvalue weighted by molar-refractivity contribution is 6.04.